The van der Waals surface area contributed by atoms with Crippen molar-refractivity contribution < 1.29 is 0 Å². The zero-order valence-electron chi connectivity index (χ0n) is 30.7. The van der Waals surface area contributed by atoms with Gasteiger partial charge in [-0.3, -0.25) is 4.98 Å². The van der Waals surface area contributed by atoms with E-state index < -0.39 is 0 Å². The van der Waals surface area contributed by atoms with Crippen LogP contribution in [0.15, 0.2) is 194 Å². The Morgan fingerprint density at radius 1 is 0.316 bits per heavy atom. The number of rotatable bonds is 5. The number of hydrogen-bond acceptors (Lipinski definition) is 4. The molecule has 2 nitrogen and oxygen atoms in total. The van der Waals surface area contributed by atoms with Crippen molar-refractivity contribution in [3.8, 4) is 22.3 Å². The summed E-state index contributed by atoms with van der Waals surface area (Å²) >= 11 is 3.75. The van der Waals surface area contributed by atoms with Crippen LogP contribution in [0.5, 0.6) is 0 Å². The van der Waals surface area contributed by atoms with Gasteiger partial charge >= 0.3 is 0 Å². The van der Waals surface area contributed by atoms with Crippen LogP contribution in [0.1, 0.15) is 0 Å². The van der Waals surface area contributed by atoms with Gasteiger partial charge in [0.05, 0.1) is 0 Å². The van der Waals surface area contributed by atoms with Gasteiger partial charge in [-0.1, -0.05) is 109 Å². The molecule has 0 atom stereocenters. The SMILES string of the molecule is c1ccc2cc3c(cc2c1)sc1cc(N(c2ccc(-c4ccc(-c5ccc6ccncc6c5)cc4)cc2)c2ccc4c(c2)sc2cc5ccccc5cc24)ccc13. The molecule has 0 amide bonds. The zero-order valence-corrected chi connectivity index (χ0v) is 32.3. The van der Waals surface area contributed by atoms with Crippen molar-refractivity contribution >= 4 is 112 Å². The molecule has 0 saturated carbocycles. The van der Waals surface area contributed by atoms with Crippen molar-refractivity contribution in [2.75, 3.05) is 4.90 Å². The van der Waals surface area contributed by atoms with Gasteiger partial charge in [0, 0.05) is 75.2 Å². The summed E-state index contributed by atoms with van der Waals surface area (Å²) in [6.45, 7) is 0. The summed E-state index contributed by atoms with van der Waals surface area (Å²) in [6.07, 6.45) is 3.78. The lowest BCUT2D eigenvalue weighted by atomic mass is 9.98. The number of aromatic nitrogens is 1. The second kappa shape index (κ2) is 12.9. The van der Waals surface area contributed by atoms with Gasteiger partial charge in [-0.05, 0) is 122 Å². The van der Waals surface area contributed by atoms with E-state index >= 15 is 0 Å². The highest BCUT2D eigenvalue weighted by Crippen LogP contribution is 2.44. The van der Waals surface area contributed by atoms with Crippen LogP contribution in [0.2, 0.25) is 0 Å². The van der Waals surface area contributed by atoms with Crippen LogP contribution in [-0.2, 0) is 0 Å². The van der Waals surface area contributed by atoms with E-state index in [9.17, 15) is 0 Å². The molecule has 12 aromatic rings. The summed E-state index contributed by atoms with van der Waals surface area (Å²) in [5, 5.41) is 12.7. The summed E-state index contributed by atoms with van der Waals surface area (Å²) in [5.41, 5.74) is 8.18. The van der Waals surface area contributed by atoms with Crippen molar-refractivity contribution in [1.82, 2.24) is 4.98 Å². The maximum Gasteiger partial charge on any atom is 0.0476 e. The number of fused-ring (bicyclic) bond motifs is 9. The topological polar surface area (TPSA) is 16.1 Å². The number of anilines is 3. The van der Waals surface area contributed by atoms with E-state index in [2.05, 4.69) is 192 Å². The van der Waals surface area contributed by atoms with Crippen LogP contribution in [0, 0.1) is 0 Å². The average Bonchev–Trinajstić information content (AvgIpc) is 3.81. The lowest BCUT2D eigenvalue weighted by molar-refractivity contribution is 1.30. The summed E-state index contributed by atoms with van der Waals surface area (Å²) in [7, 11) is 0. The van der Waals surface area contributed by atoms with Crippen LogP contribution in [0.4, 0.5) is 17.1 Å². The van der Waals surface area contributed by atoms with Gasteiger partial charge in [0.1, 0.15) is 0 Å². The first-order chi connectivity index (χ1) is 28.2. The van der Waals surface area contributed by atoms with Crippen molar-refractivity contribution in [2.24, 2.45) is 0 Å². The monoisotopic (exact) mass is 760 g/mol. The number of hydrogen-bond donors (Lipinski definition) is 0. The van der Waals surface area contributed by atoms with Crippen LogP contribution in [0.25, 0.3) is 94.9 Å². The predicted octanol–water partition coefficient (Wildman–Crippen LogP) is 16.1. The maximum absolute atomic E-state index is 4.32. The Morgan fingerprint density at radius 3 is 1.33 bits per heavy atom. The number of benzene rings is 9. The van der Waals surface area contributed by atoms with Crippen LogP contribution < -0.4 is 4.90 Å². The van der Waals surface area contributed by atoms with E-state index in [0.29, 0.717) is 0 Å². The number of nitrogens with zero attached hydrogens (tertiary/aromatic N) is 2. The second-order valence-corrected chi connectivity index (χ2v) is 17.0. The highest BCUT2D eigenvalue weighted by molar-refractivity contribution is 7.26. The summed E-state index contributed by atoms with van der Waals surface area (Å²) < 4.78 is 5.22. The molecular weight excluding hydrogens is 729 g/mol. The number of pyridine rings is 1. The highest BCUT2D eigenvalue weighted by atomic mass is 32.1. The van der Waals surface area contributed by atoms with Gasteiger partial charge in [0.25, 0.3) is 0 Å². The molecule has 0 spiro atoms. The van der Waals surface area contributed by atoms with Gasteiger partial charge in [0.2, 0.25) is 0 Å². The average molecular weight is 761 g/mol. The minimum Gasteiger partial charge on any atom is -0.310 e. The molecule has 0 fully saturated rings. The summed E-state index contributed by atoms with van der Waals surface area (Å²) in [5.74, 6) is 0. The van der Waals surface area contributed by atoms with E-state index in [1.165, 1.54) is 89.5 Å². The standard InChI is InChI=1S/C53H32N2S2/c1-3-7-39-28-50-48(26-37(39)5-1)46-21-19-44(30-52(46)56-50)55(45-20-22-47-49-27-38-6-2-4-8-40(38)29-51(49)57-53(47)31-45)43-17-15-34(16-18-43)33-9-11-35(12-10-33)41-14-13-36-23-24-54-32-42(36)25-41/h1-32H. The first-order valence-corrected chi connectivity index (χ1v) is 20.9. The third-order valence-electron chi connectivity index (χ3n) is 11.5. The number of thiophene rings is 2. The summed E-state index contributed by atoms with van der Waals surface area (Å²) in [4.78, 5) is 6.74. The lowest BCUT2D eigenvalue weighted by Crippen LogP contribution is -2.09. The summed E-state index contributed by atoms with van der Waals surface area (Å²) in [6, 6.07) is 67.3. The fourth-order valence-corrected chi connectivity index (χ4v) is 10.9. The fraction of sp³-hybridized carbons (Fsp3) is 0. The third kappa shape index (κ3) is 5.48. The highest BCUT2D eigenvalue weighted by Gasteiger charge is 2.18. The Bertz CT molecular complexity index is 3370. The lowest BCUT2D eigenvalue weighted by Gasteiger charge is -2.26. The fourth-order valence-electron chi connectivity index (χ4n) is 8.55. The van der Waals surface area contributed by atoms with Gasteiger partial charge in [-0.15, -0.1) is 22.7 Å². The molecule has 9 aromatic carbocycles. The van der Waals surface area contributed by atoms with Crippen LogP contribution in [0.3, 0.4) is 0 Å². The molecule has 0 N–H and O–H groups in total. The van der Waals surface area contributed by atoms with Crippen molar-refractivity contribution in [3.05, 3.63) is 194 Å². The molecule has 12 rings (SSSR count). The van der Waals surface area contributed by atoms with E-state index in [-0.39, 0.29) is 0 Å². The zero-order chi connectivity index (χ0) is 37.5. The quantitative estimate of drug-likeness (QED) is 0.174. The largest absolute Gasteiger partial charge is 0.310 e. The Labute approximate surface area is 337 Å². The van der Waals surface area contributed by atoms with E-state index in [1.807, 2.05) is 35.1 Å². The van der Waals surface area contributed by atoms with Crippen LogP contribution in [-0.4, -0.2) is 4.98 Å². The molecule has 3 heterocycles. The molecule has 57 heavy (non-hydrogen) atoms. The van der Waals surface area contributed by atoms with Crippen molar-refractivity contribution in [1.29, 1.82) is 0 Å². The van der Waals surface area contributed by atoms with Gasteiger partial charge in [-0.25, -0.2) is 0 Å². The molecular formula is C53H32N2S2. The third-order valence-corrected chi connectivity index (χ3v) is 13.7. The molecule has 0 aliphatic rings. The Balaban J connectivity index is 0.957. The van der Waals surface area contributed by atoms with E-state index in [1.54, 1.807) is 0 Å². The molecule has 266 valence electrons. The Morgan fingerprint density at radius 2 is 0.772 bits per heavy atom. The maximum atomic E-state index is 4.32. The van der Waals surface area contributed by atoms with Gasteiger partial charge < -0.3 is 4.90 Å². The molecule has 4 heteroatoms. The van der Waals surface area contributed by atoms with Gasteiger partial charge in [-0.2, -0.15) is 0 Å². The van der Waals surface area contributed by atoms with Crippen LogP contribution >= 0.6 is 22.7 Å². The van der Waals surface area contributed by atoms with Gasteiger partial charge in [0.15, 0.2) is 0 Å². The van der Waals surface area contributed by atoms with Crippen molar-refractivity contribution in [2.45, 2.75) is 0 Å². The minimum absolute atomic E-state index is 1.12. The molecule has 0 aliphatic carbocycles. The molecule has 0 saturated heterocycles. The normalized spacial score (nSPS) is 11.9. The molecule has 0 aliphatic heterocycles. The minimum atomic E-state index is 1.12. The van der Waals surface area contributed by atoms with E-state index in [4.69, 9.17) is 0 Å². The first-order valence-electron chi connectivity index (χ1n) is 19.2. The molecule has 0 unspecified atom stereocenters. The Hall–Kier alpha value is -6.85. The predicted molar refractivity (Wildman–Crippen MR) is 248 cm³/mol. The van der Waals surface area contributed by atoms with E-state index in [0.717, 1.165) is 22.4 Å². The Kier molecular flexibility index (Phi) is 7.31. The smallest absolute Gasteiger partial charge is 0.0476 e. The molecule has 0 bridgehead atoms. The first kappa shape index (κ1) is 32.4. The van der Waals surface area contributed by atoms with Crippen molar-refractivity contribution in [3.63, 3.8) is 0 Å². The second-order valence-electron chi connectivity index (χ2n) is 14.9. The molecule has 0 radical (unpaired) electrons. The molecule has 3 aromatic heterocycles.